The van der Waals surface area contributed by atoms with Crippen molar-refractivity contribution in [1.82, 2.24) is 0 Å². The molecule has 0 aliphatic carbocycles. The number of benzene rings is 3. The maximum absolute atomic E-state index is 14.3. The van der Waals surface area contributed by atoms with Crippen molar-refractivity contribution in [3.8, 4) is 16.9 Å². The molecule has 0 unspecified atom stereocenters. The van der Waals surface area contributed by atoms with Crippen molar-refractivity contribution in [2.24, 2.45) is 5.73 Å². The Hall–Kier alpha value is -3.21. The van der Waals surface area contributed by atoms with Gasteiger partial charge in [-0.25, -0.2) is 8.78 Å². The van der Waals surface area contributed by atoms with Gasteiger partial charge in [-0.2, -0.15) is 0 Å². The summed E-state index contributed by atoms with van der Waals surface area (Å²) in [4.78, 5) is 11.2. The summed E-state index contributed by atoms with van der Waals surface area (Å²) in [6, 6.07) is 18.1. The van der Waals surface area contributed by atoms with Crippen LogP contribution in [0.3, 0.4) is 0 Å². The predicted molar refractivity (Wildman–Crippen MR) is 110 cm³/mol. The Morgan fingerprint density at radius 1 is 0.966 bits per heavy atom. The molecule has 0 aliphatic rings. The summed E-state index contributed by atoms with van der Waals surface area (Å²) in [6.07, 6.45) is 0. The van der Waals surface area contributed by atoms with E-state index in [1.807, 2.05) is 24.3 Å². The van der Waals surface area contributed by atoms with Gasteiger partial charge in [0.25, 0.3) is 5.91 Å². The lowest BCUT2D eigenvalue weighted by atomic mass is 9.86. The molecule has 3 rings (SSSR count). The van der Waals surface area contributed by atoms with E-state index in [0.29, 0.717) is 0 Å². The Morgan fingerprint density at radius 2 is 1.66 bits per heavy atom. The smallest absolute Gasteiger partial charge is 0.254 e. The Kier molecular flexibility index (Phi) is 5.69. The van der Waals surface area contributed by atoms with E-state index in [1.165, 1.54) is 5.56 Å². The van der Waals surface area contributed by atoms with Crippen molar-refractivity contribution < 1.29 is 18.3 Å². The van der Waals surface area contributed by atoms with Crippen molar-refractivity contribution in [1.29, 1.82) is 0 Å². The largest absolute Gasteiger partial charge is 0.486 e. The summed E-state index contributed by atoms with van der Waals surface area (Å²) in [5.74, 6) is -3.50. The van der Waals surface area contributed by atoms with Crippen LogP contribution in [0.5, 0.6) is 5.75 Å². The van der Waals surface area contributed by atoms with Gasteiger partial charge in [-0.15, -0.1) is 0 Å². The molecule has 0 fully saturated rings. The Bertz CT molecular complexity index is 1040. The summed E-state index contributed by atoms with van der Waals surface area (Å²) >= 11 is 0. The highest BCUT2D eigenvalue weighted by atomic mass is 19.1. The summed E-state index contributed by atoms with van der Waals surface area (Å²) in [6.45, 7) is 6.56. The van der Waals surface area contributed by atoms with E-state index in [1.54, 1.807) is 0 Å². The third-order valence-corrected chi connectivity index (χ3v) is 4.71. The number of carbonyl (C=O) groups excluding carboxylic acids is 1. The quantitative estimate of drug-likeness (QED) is 0.611. The lowest BCUT2D eigenvalue weighted by molar-refractivity contribution is 0.0991. The van der Waals surface area contributed by atoms with Gasteiger partial charge in [0.05, 0.1) is 0 Å². The molecule has 0 aliphatic heterocycles. The average molecular weight is 395 g/mol. The number of rotatable bonds is 5. The first-order valence-electron chi connectivity index (χ1n) is 9.27. The molecule has 0 heterocycles. The summed E-state index contributed by atoms with van der Waals surface area (Å²) in [7, 11) is 0. The molecule has 0 saturated carbocycles. The fraction of sp³-hybridized carbons (Fsp3) is 0.208. The monoisotopic (exact) mass is 395 g/mol. The Morgan fingerprint density at radius 3 is 2.28 bits per heavy atom. The van der Waals surface area contributed by atoms with Crippen LogP contribution >= 0.6 is 0 Å². The highest BCUT2D eigenvalue weighted by molar-refractivity contribution is 5.93. The van der Waals surface area contributed by atoms with Gasteiger partial charge in [0.1, 0.15) is 18.0 Å². The Labute approximate surface area is 169 Å². The van der Waals surface area contributed by atoms with Crippen molar-refractivity contribution in [3.05, 3.63) is 89.0 Å². The molecule has 3 aromatic carbocycles. The maximum Gasteiger partial charge on any atom is 0.254 e. The number of hydrogen-bond acceptors (Lipinski definition) is 2. The van der Waals surface area contributed by atoms with Gasteiger partial charge in [-0.05, 0) is 45.9 Å². The second kappa shape index (κ2) is 8.03. The predicted octanol–water partition coefficient (Wildman–Crippen LogP) is 5.61. The van der Waals surface area contributed by atoms with Gasteiger partial charge < -0.3 is 10.5 Å². The Balaban J connectivity index is 1.79. The van der Waals surface area contributed by atoms with Gasteiger partial charge in [0.2, 0.25) is 0 Å². The van der Waals surface area contributed by atoms with Crippen LogP contribution < -0.4 is 10.5 Å². The highest BCUT2D eigenvalue weighted by Crippen LogP contribution is 2.28. The second-order valence-corrected chi connectivity index (χ2v) is 7.92. The van der Waals surface area contributed by atoms with Crippen LogP contribution in [0.25, 0.3) is 11.1 Å². The molecule has 5 heteroatoms. The van der Waals surface area contributed by atoms with E-state index in [9.17, 15) is 13.6 Å². The van der Waals surface area contributed by atoms with Crippen molar-refractivity contribution in [3.63, 3.8) is 0 Å². The van der Waals surface area contributed by atoms with Gasteiger partial charge in [0, 0.05) is 0 Å². The van der Waals surface area contributed by atoms with E-state index in [4.69, 9.17) is 10.5 Å². The molecule has 150 valence electrons. The lowest BCUT2D eigenvalue weighted by Gasteiger charge is -2.19. The molecule has 1 amide bonds. The average Bonchev–Trinajstić information content (AvgIpc) is 2.67. The number of halogens is 2. The molecule has 0 aromatic heterocycles. The molecule has 3 aromatic rings. The zero-order chi connectivity index (χ0) is 21.2. The number of nitrogens with two attached hydrogens (primary N) is 1. The van der Waals surface area contributed by atoms with Crippen LogP contribution in [-0.4, -0.2) is 5.91 Å². The van der Waals surface area contributed by atoms with E-state index in [2.05, 4.69) is 45.0 Å². The molecule has 0 radical (unpaired) electrons. The normalized spacial score (nSPS) is 11.3. The zero-order valence-corrected chi connectivity index (χ0v) is 16.6. The minimum absolute atomic E-state index is 0.0642. The van der Waals surface area contributed by atoms with Gasteiger partial charge >= 0.3 is 0 Å². The molecular formula is C24H23F2NO2. The molecule has 0 atom stereocenters. The van der Waals surface area contributed by atoms with Crippen molar-refractivity contribution in [2.75, 3.05) is 0 Å². The minimum atomic E-state index is -1.17. The number of primary amides is 1. The minimum Gasteiger partial charge on any atom is -0.486 e. The molecular weight excluding hydrogens is 372 g/mol. The standard InChI is InChI=1S/C24H23F2NO2/c1-24(2,3)18-9-7-16(8-10-18)17-6-4-5-15(13-17)14-29-20-12-11-19(25)21(22(20)26)23(27)28/h4-13H,14H2,1-3H3,(H2,27,28). The first-order chi connectivity index (χ1) is 13.7. The summed E-state index contributed by atoms with van der Waals surface area (Å²) in [5.41, 5.74) is 8.45. The zero-order valence-electron chi connectivity index (χ0n) is 16.6. The van der Waals surface area contributed by atoms with Gasteiger partial charge in [-0.3, -0.25) is 4.79 Å². The maximum atomic E-state index is 14.3. The molecule has 2 N–H and O–H groups in total. The van der Waals surface area contributed by atoms with Crippen LogP contribution in [0.4, 0.5) is 8.78 Å². The summed E-state index contributed by atoms with van der Waals surface area (Å²) in [5, 5.41) is 0. The summed E-state index contributed by atoms with van der Waals surface area (Å²) < 4.78 is 33.4. The SMILES string of the molecule is CC(C)(C)c1ccc(-c2cccc(COc3ccc(F)c(C(N)=O)c3F)c2)cc1. The van der Waals surface area contributed by atoms with Crippen LogP contribution in [-0.2, 0) is 12.0 Å². The van der Waals surface area contributed by atoms with E-state index in [0.717, 1.165) is 28.8 Å². The van der Waals surface area contributed by atoms with Crippen molar-refractivity contribution in [2.45, 2.75) is 32.8 Å². The molecule has 29 heavy (non-hydrogen) atoms. The number of amides is 1. The number of carbonyl (C=O) groups is 1. The van der Waals surface area contributed by atoms with Gasteiger partial charge in [0.15, 0.2) is 11.6 Å². The first kappa shape index (κ1) is 20.5. The van der Waals surface area contributed by atoms with Gasteiger partial charge in [-0.1, -0.05) is 63.2 Å². The van der Waals surface area contributed by atoms with Crippen molar-refractivity contribution >= 4 is 5.91 Å². The van der Waals surface area contributed by atoms with E-state index < -0.39 is 23.1 Å². The van der Waals surface area contributed by atoms with Crippen LogP contribution in [0.2, 0.25) is 0 Å². The lowest BCUT2D eigenvalue weighted by Crippen LogP contribution is -2.16. The molecule has 3 nitrogen and oxygen atoms in total. The molecule has 0 spiro atoms. The third kappa shape index (κ3) is 4.62. The topological polar surface area (TPSA) is 52.3 Å². The fourth-order valence-corrected chi connectivity index (χ4v) is 3.04. The fourth-order valence-electron chi connectivity index (χ4n) is 3.04. The van der Waals surface area contributed by atoms with Crippen LogP contribution in [0.1, 0.15) is 42.3 Å². The number of ether oxygens (including phenoxy) is 1. The van der Waals surface area contributed by atoms with E-state index >= 15 is 0 Å². The molecule has 0 saturated heterocycles. The highest BCUT2D eigenvalue weighted by Gasteiger charge is 2.19. The van der Waals surface area contributed by atoms with Crippen LogP contribution in [0, 0.1) is 11.6 Å². The second-order valence-electron chi connectivity index (χ2n) is 7.92. The third-order valence-electron chi connectivity index (χ3n) is 4.71. The first-order valence-corrected chi connectivity index (χ1v) is 9.27. The molecule has 0 bridgehead atoms. The van der Waals surface area contributed by atoms with E-state index in [-0.39, 0.29) is 17.8 Å². The van der Waals surface area contributed by atoms with Crippen LogP contribution in [0.15, 0.2) is 60.7 Å². The number of hydrogen-bond donors (Lipinski definition) is 1.